The minimum absolute atomic E-state index is 0.0696. The van der Waals surface area contributed by atoms with E-state index in [1.807, 2.05) is 18.2 Å². The number of nitrogens with zero attached hydrogens (tertiary/aromatic N) is 1. The van der Waals surface area contributed by atoms with Gasteiger partial charge in [0.25, 0.3) is 5.56 Å². The van der Waals surface area contributed by atoms with Gasteiger partial charge in [0.15, 0.2) is 0 Å². The van der Waals surface area contributed by atoms with Gasteiger partial charge in [-0.3, -0.25) is 9.59 Å². The third-order valence-corrected chi connectivity index (χ3v) is 4.31. The molecular formula is C20H29N3O2. The summed E-state index contributed by atoms with van der Waals surface area (Å²) < 4.78 is 0. The van der Waals surface area contributed by atoms with E-state index in [2.05, 4.69) is 36.1 Å². The van der Waals surface area contributed by atoms with Gasteiger partial charge in [-0.25, -0.2) is 4.98 Å². The molecule has 0 aliphatic rings. The van der Waals surface area contributed by atoms with Crippen LogP contribution in [-0.2, 0) is 11.2 Å². The Morgan fingerprint density at radius 3 is 2.68 bits per heavy atom. The van der Waals surface area contributed by atoms with Crippen LogP contribution < -0.4 is 10.9 Å². The van der Waals surface area contributed by atoms with E-state index in [9.17, 15) is 9.59 Å². The Morgan fingerprint density at radius 1 is 1.16 bits per heavy atom. The average Bonchev–Trinajstić information content (AvgIpc) is 2.54. The van der Waals surface area contributed by atoms with E-state index in [1.165, 1.54) is 6.42 Å². The number of nitrogens with one attached hydrogen (secondary N) is 2. The molecule has 136 valence electrons. The van der Waals surface area contributed by atoms with Crippen molar-refractivity contribution in [2.24, 2.45) is 5.92 Å². The summed E-state index contributed by atoms with van der Waals surface area (Å²) in [5.41, 5.74) is 0.577. The zero-order valence-corrected chi connectivity index (χ0v) is 15.5. The molecule has 1 heterocycles. The largest absolute Gasteiger partial charge is 0.354 e. The predicted molar refractivity (Wildman–Crippen MR) is 102 cm³/mol. The fraction of sp³-hybridized carbons (Fsp3) is 0.550. The molecule has 0 saturated heterocycles. The molecule has 1 unspecified atom stereocenters. The fourth-order valence-corrected chi connectivity index (χ4v) is 2.92. The molecule has 2 aromatic rings. The zero-order valence-electron chi connectivity index (χ0n) is 15.5. The molecule has 0 bridgehead atoms. The number of carbonyl (C=O) groups excluding carboxylic acids is 1. The number of hydrogen-bond acceptors (Lipinski definition) is 3. The molecule has 1 amide bonds. The van der Waals surface area contributed by atoms with Crippen LogP contribution in [0.2, 0.25) is 0 Å². The number of aromatic nitrogens is 2. The lowest BCUT2D eigenvalue weighted by atomic mass is 10.0. The molecule has 5 nitrogen and oxygen atoms in total. The second-order valence-corrected chi connectivity index (χ2v) is 7.18. The second kappa shape index (κ2) is 9.35. The number of amides is 1. The quantitative estimate of drug-likeness (QED) is 0.731. The summed E-state index contributed by atoms with van der Waals surface area (Å²) in [6.07, 6.45) is 5.07. The molecule has 25 heavy (non-hydrogen) atoms. The number of rotatable bonds is 9. The number of fused-ring (bicyclic) bond motifs is 1. The molecule has 0 aliphatic carbocycles. The first kappa shape index (κ1) is 19.2. The number of benzene rings is 1. The summed E-state index contributed by atoms with van der Waals surface area (Å²) in [5, 5.41) is 3.65. The van der Waals surface area contributed by atoms with Crippen molar-refractivity contribution in [3.63, 3.8) is 0 Å². The van der Waals surface area contributed by atoms with Crippen LogP contribution >= 0.6 is 0 Å². The van der Waals surface area contributed by atoms with E-state index in [1.54, 1.807) is 6.07 Å². The monoisotopic (exact) mass is 343 g/mol. The molecule has 1 aromatic carbocycles. The first-order valence-electron chi connectivity index (χ1n) is 9.23. The summed E-state index contributed by atoms with van der Waals surface area (Å²) in [6, 6.07) is 7.50. The van der Waals surface area contributed by atoms with Crippen LogP contribution in [0.5, 0.6) is 0 Å². The topological polar surface area (TPSA) is 74.8 Å². The van der Waals surface area contributed by atoms with Crippen molar-refractivity contribution in [2.75, 3.05) is 0 Å². The van der Waals surface area contributed by atoms with Crippen LogP contribution in [0, 0.1) is 5.92 Å². The lowest BCUT2D eigenvalue weighted by molar-refractivity contribution is -0.121. The van der Waals surface area contributed by atoms with Gasteiger partial charge in [0.05, 0.1) is 10.9 Å². The molecule has 0 radical (unpaired) electrons. The van der Waals surface area contributed by atoms with Crippen LogP contribution in [0.4, 0.5) is 0 Å². The lowest BCUT2D eigenvalue weighted by Gasteiger charge is -2.14. The normalized spacial score (nSPS) is 12.5. The molecule has 0 fully saturated rings. The molecule has 0 saturated carbocycles. The maximum atomic E-state index is 12.0. The zero-order chi connectivity index (χ0) is 18.2. The molecule has 0 spiro atoms. The molecule has 2 rings (SSSR count). The van der Waals surface area contributed by atoms with Crippen LogP contribution in [0.1, 0.15) is 58.7 Å². The third kappa shape index (κ3) is 6.33. The number of H-pyrrole nitrogens is 1. The Kier molecular flexibility index (Phi) is 7.16. The minimum Gasteiger partial charge on any atom is -0.354 e. The standard InChI is InChI=1S/C20H29N3O2/c1-14(2)8-6-9-15(3)21-19(24)13-7-12-18-22-17-11-5-4-10-16(17)20(25)23-18/h4-5,10-11,14-15H,6-9,12-13H2,1-3H3,(H,21,24)(H,22,23,25). The van der Waals surface area contributed by atoms with Gasteiger partial charge < -0.3 is 10.3 Å². The third-order valence-electron chi connectivity index (χ3n) is 4.31. The average molecular weight is 343 g/mol. The maximum absolute atomic E-state index is 12.0. The van der Waals surface area contributed by atoms with E-state index in [0.717, 1.165) is 12.8 Å². The van der Waals surface area contributed by atoms with Crippen molar-refractivity contribution in [2.45, 2.75) is 65.3 Å². The number of carbonyl (C=O) groups is 1. The molecule has 2 N–H and O–H groups in total. The first-order valence-corrected chi connectivity index (χ1v) is 9.23. The predicted octanol–water partition coefficient (Wildman–Crippen LogP) is 3.58. The van der Waals surface area contributed by atoms with Crippen LogP contribution in [-0.4, -0.2) is 21.9 Å². The van der Waals surface area contributed by atoms with E-state index in [-0.39, 0.29) is 17.5 Å². The van der Waals surface area contributed by atoms with Crippen molar-refractivity contribution < 1.29 is 4.79 Å². The van der Waals surface area contributed by atoms with Gasteiger partial charge in [0.2, 0.25) is 5.91 Å². The van der Waals surface area contributed by atoms with Gasteiger partial charge in [-0.1, -0.05) is 38.8 Å². The van der Waals surface area contributed by atoms with E-state index < -0.39 is 0 Å². The van der Waals surface area contributed by atoms with Crippen LogP contribution in [0.25, 0.3) is 10.9 Å². The van der Waals surface area contributed by atoms with Gasteiger partial charge in [-0.05, 0) is 37.8 Å². The van der Waals surface area contributed by atoms with Crippen molar-refractivity contribution in [3.8, 4) is 0 Å². The Labute approximate surface area is 149 Å². The SMILES string of the molecule is CC(C)CCCC(C)NC(=O)CCCc1nc2ccccc2c(=O)[nH]1. The highest BCUT2D eigenvalue weighted by molar-refractivity contribution is 5.77. The highest BCUT2D eigenvalue weighted by Crippen LogP contribution is 2.09. The van der Waals surface area contributed by atoms with Crippen molar-refractivity contribution >= 4 is 16.8 Å². The number of aromatic amines is 1. The summed E-state index contributed by atoms with van der Waals surface area (Å²) >= 11 is 0. The Bertz CT molecular complexity index is 752. The molecule has 1 atom stereocenters. The summed E-state index contributed by atoms with van der Waals surface area (Å²) in [4.78, 5) is 31.3. The summed E-state index contributed by atoms with van der Waals surface area (Å²) in [6.45, 7) is 6.49. The van der Waals surface area contributed by atoms with E-state index >= 15 is 0 Å². The van der Waals surface area contributed by atoms with Crippen molar-refractivity contribution in [1.82, 2.24) is 15.3 Å². The Hall–Kier alpha value is -2.17. The van der Waals surface area contributed by atoms with Crippen LogP contribution in [0.15, 0.2) is 29.1 Å². The van der Waals surface area contributed by atoms with Crippen LogP contribution in [0.3, 0.4) is 0 Å². The van der Waals surface area contributed by atoms with Gasteiger partial charge in [-0.15, -0.1) is 0 Å². The number of aryl methyl sites for hydroxylation is 1. The lowest BCUT2D eigenvalue weighted by Crippen LogP contribution is -2.32. The summed E-state index contributed by atoms with van der Waals surface area (Å²) in [7, 11) is 0. The smallest absolute Gasteiger partial charge is 0.258 e. The highest BCUT2D eigenvalue weighted by atomic mass is 16.1. The van der Waals surface area contributed by atoms with Gasteiger partial charge in [0, 0.05) is 18.9 Å². The van der Waals surface area contributed by atoms with Gasteiger partial charge in [-0.2, -0.15) is 0 Å². The number of para-hydroxylation sites is 1. The van der Waals surface area contributed by atoms with Crippen molar-refractivity contribution in [3.05, 3.63) is 40.4 Å². The summed E-state index contributed by atoms with van der Waals surface area (Å²) in [5.74, 6) is 1.42. The van der Waals surface area contributed by atoms with E-state index in [0.29, 0.717) is 41.9 Å². The molecule has 1 aromatic heterocycles. The first-order chi connectivity index (χ1) is 12.0. The Balaban J connectivity index is 1.76. The highest BCUT2D eigenvalue weighted by Gasteiger charge is 2.09. The van der Waals surface area contributed by atoms with Gasteiger partial charge >= 0.3 is 0 Å². The molecular weight excluding hydrogens is 314 g/mol. The maximum Gasteiger partial charge on any atom is 0.258 e. The molecule has 5 heteroatoms. The second-order valence-electron chi connectivity index (χ2n) is 7.18. The fourth-order valence-electron chi connectivity index (χ4n) is 2.92. The number of hydrogen-bond donors (Lipinski definition) is 2. The minimum atomic E-state index is -0.121. The Morgan fingerprint density at radius 2 is 1.92 bits per heavy atom. The van der Waals surface area contributed by atoms with Crippen molar-refractivity contribution in [1.29, 1.82) is 0 Å². The molecule has 0 aliphatic heterocycles. The van der Waals surface area contributed by atoms with Gasteiger partial charge in [0.1, 0.15) is 5.82 Å². The van der Waals surface area contributed by atoms with E-state index in [4.69, 9.17) is 0 Å².